The van der Waals surface area contributed by atoms with Crippen molar-refractivity contribution >= 4 is 5.91 Å². The topological polar surface area (TPSA) is 46.3 Å². The van der Waals surface area contributed by atoms with E-state index in [0.717, 1.165) is 18.9 Å². The Morgan fingerprint density at radius 2 is 2.24 bits per heavy atom. The lowest BCUT2D eigenvalue weighted by Gasteiger charge is -2.24. The van der Waals surface area contributed by atoms with E-state index in [2.05, 4.69) is 9.68 Å². The Balaban J connectivity index is 1.76. The van der Waals surface area contributed by atoms with Crippen molar-refractivity contribution < 1.29 is 9.32 Å². The van der Waals surface area contributed by atoms with Gasteiger partial charge < -0.3 is 9.42 Å². The van der Waals surface area contributed by atoms with Crippen LogP contribution in [0.25, 0.3) is 0 Å². The van der Waals surface area contributed by atoms with Crippen LogP contribution in [0.3, 0.4) is 0 Å². The highest BCUT2D eigenvalue weighted by Gasteiger charge is 2.17. The lowest BCUT2D eigenvalue weighted by atomic mass is 9.87. The predicted molar refractivity (Wildman–Crippen MR) is 64.7 cm³/mol. The molecule has 1 aliphatic carbocycles. The monoisotopic (exact) mass is 236 g/mol. The van der Waals surface area contributed by atoms with Crippen molar-refractivity contribution in [3.63, 3.8) is 0 Å². The van der Waals surface area contributed by atoms with E-state index in [1.165, 1.54) is 38.4 Å². The summed E-state index contributed by atoms with van der Waals surface area (Å²) >= 11 is 0. The van der Waals surface area contributed by atoms with E-state index in [0.29, 0.717) is 5.69 Å². The normalized spacial score (nSPS) is 17.0. The molecule has 0 saturated heterocycles. The third kappa shape index (κ3) is 3.32. The van der Waals surface area contributed by atoms with E-state index in [9.17, 15) is 4.79 Å². The molecule has 1 aromatic heterocycles. The van der Waals surface area contributed by atoms with Crippen LogP contribution < -0.4 is 0 Å². The summed E-state index contributed by atoms with van der Waals surface area (Å²) in [6.07, 6.45) is 9.28. The van der Waals surface area contributed by atoms with E-state index in [1.54, 1.807) is 11.0 Å². The fourth-order valence-electron chi connectivity index (χ4n) is 2.47. The van der Waals surface area contributed by atoms with Gasteiger partial charge in [-0.3, -0.25) is 4.79 Å². The van der Waals surface area contributed by atoms with Gasteiger partial charge in [-0.2, -0.15) is 0 Å². The van der Waals surface area contributed by atoms with E-state index in [-0.39, 0.29) is 5.91 Å². The third-order valence-electron chi connectivity index (χ3n) is 3.60. The van der Waals surface area contributed by atoms with Gasteiger partial charge in [0, 0.05) is 19.7 Å². The van der Waals surface area contributed by atoms with Crippen molar-refractivity contribution in [2.45, 2.75) is 38.5 Å². The van der Waals surface area contributed by atoms with Crippen LogP contribution in [-0.4, -0.2) is 29.6 Å². The number of carbonyl (C=O) groups excluding carboxylic acids is 1. The molecule has 0 atom stereocenters. The summed E-state index contributed by atoms with van der Waals surface area (Å²) in [5.74, 6) is 0.755. The molecule has 1 amide bonds. The molecule has 4 heteroatoms. The average molecular weight is 236 g/mol. The van der Waals surface area contributed by atoms with Crippen molar-refractivity contribution in [1.29, 1.82) is 0 Å². The first-order valence-electron chi connectivity index (χ1n) is 6.43. The van der Waals surface area contributed by atoms with E-state index >= 15 is 0 Å². The number of carbonyl (C=O) groups is 1. The van der Waals surface area contributed by atoms with Gasteiger partial charge in [0.05, 0.1) is 0 Å². The molecule has 1 saturated carbocycles. The number of hydrogen-bond acceptors (Lipinski definition) is 3. The number of aromatic nitrogens is 1. The maximum absolute atomic E-state index is 11.9. The molecule has 0 N–H and O–H groups in total. The van der Waals surface area contributed by atoms with Crippen molar-refractivity contribution in [2.75, 3.05) is 13.6 Å². The van der Waals surface area contributed by atoms with Gasteiger partial charge in [0.15, 0.2) is 5.69 Å². The molecule has 0 spiro atoms. The van der Waals surface area contributed by atoms with Crippen molar-refractivity contribution in [3.05, 3.63) is 18.0 Å². The molecule has 2 rings (SSSR count). The first kappa shape index (κ1) is 12.1. The van der Waals surface area contributed by atoms with Gasteiger partial charge in [0.1, 0.15) is 6.26 Å². The van der Waals surface area contributed by atoms with Crippen LogP contribution in [0.4, 0.5) is 0 Å². The Morgan fingerprint density at radius 3 is 2.88 bits per heavy atom. The maximum atomic E-state index is 11.9. The Labute approximate surface area is 102 Å². The second kappa shape index (κ2) is 5.84. The van der Waals surface area contributed by atoms with Crippen LogP contribution in [0.1, 0.15) is 49.0 Å². The van der Waals surface area contributed by atoms with Crippen LogP contribution in [0.2, 0.25) is 0 Å². The second-order valence-corrected chi connectivity index (χ2v) is 4.90. The van der Waals surface area contributed by atoms with Crippen LogP contribution in [-0.2, 0) is 0 Å². The predicted octanol–water partition coefficient (Wildman–Crippen LogP) is 2.72. The molecule has 94 valence electrons. The fourth-order valence-corrected chi connectivity index (χ4v) is 2.47. The summed E-state index contributed by atoms with van der Waals surface area (Å²) in [5, 5.41) is 3.67. The quantitative estimate of drug-likeness (QED) is 0.807. The van der Waals surface area contributed by atoms with Gasteiger partial charge in [-0.1, -0.05) is 37.3 Å². The number of nitrogens with zero attached hydrogens (tertiary/aromatic N) is 2. The summed E-state index contributed by atoms with van der Waals surface area (Å²) in [6, 6.07) is 1.61. The number of amides is 1. The zero-order valence-corrected chi connectivity index (χ0v) is 10.4. The number of rotatable bonds is 4. The van der Waals surface area contributed by atoms with Crippen LogP contribution in [0, 0.1) is 5.92 Å². The summed E-state index contributed by atoms with van der Waals surface area (Å²) < 4.78 is 4.68. The van der Waals surface area contributed by atoms with Gasteiger partial charge in [-0.05, 0) is 12.3 Å². The van der Waals surface area contributed by atoms with Gasteiger partial charge in [0.2, 0.25) is 0 Å². The Morgan fingerprint density at radius 1 is 1.47 bits per heavy atom. The molecule has 0 unspecified atom stereocenters. The lowest BCUT2D eigenvalue weighted by molar-refractivity contribution is 0.0773. The molecular weight excluding hydrogens is 216 g/mol. The van der Waals surface area contributed by atoms with Crippen molar-refractivity contribution in [3.8, 4) is 0 Å². The fraction of sp³-hybridized carbons (Fsp3) is 0.692. The molecule has 0 aliphatic heterocycles. The van der Waals surface area contributed by atoms with Crippen molar-refractivity contribution in [2.24, 2.45) is 5.92 Å². The van der Waals surface area contributed by atoms with E-state index in [4.69, 9.17) is 0 Å². The minimum Gasteiger partial charge on any atom is -0.364 e. The van der Waals surface area contributed by atoms with E-state index < -0.39 is 0 Å². The SMILES string of the molecule is CN(CCC1CCCCC1)C(=O)c1ccon1. The molecule has 0 aromatic carbocycles. The highest BCUT2D eigenvalue weighted by molar-refractivity contribution is 5.91. The second-order valence-electron chi connectivity index (χ2n) is 4.90. The van der Waals surface area contributed by atoms with Gasteiger partial charge in [0.25, 0.3) is 5.91 Å². The van der Waals surface area contributed by atoms with Crippen LogP contribution in [0.15, 0.2) is 16.9 Å². The molecule has 1 aliphatic rings. The molecular formula is C13H20N2O2. The van der Waals surface area contributed by atoms with Crippen LogP contribution >= 0.6 is 0 Å². The van der Waals surface area contributed by atoms with Gasteiger partial charge in [-0.25, -0.2) is 0 Å². The molecule has 17 heavy (non-hydrogen) atoms. The standard InChI is InChI=1S/C13H20N2O2/c1-15(13(16)12-8-10-17-14-12)9-7-11-5-3-2-4-6-11/h8,10-11H,2-7,9H2,1H3. The Hall–Kier alpha value is -1.32. The van der Waals surface area contributed by atoms with Gasteiger partial charge in [-0.15, -0.1) is 0 Å². The molecule has 1 aromatic rings. The first-order valence-corrected chi connectivity index (χ1v) is 6.43. The molecule has 0 bridgehead atoms. The highest BCUT2D eigenvalue weighted by atomic mass is 16.5. The lowest BCUT2D eigenvalue weighted by Crippen LogP contribution is -2.29. The summed E-state index contributed by atoms with van der Waals surface area (Å²) in [4.78, 5) is 13.6. The average Bonchev–Trinajstić information content (AvgIpc) is 2.90. The van der Waals surface area contributed by atoms with Crippen LogP contribution in [0.5, 0.6) is 0 Å². The molecule has 1 fully saturated rings. The minimum absolute atomic E-state index is 0.0467. The summed E-state index contributed by atoms with van der Waals surface area (Å²) in [5.41, 5.74) is 0.399. The smallest absolute Gasteiger partial charge is 0.275 e. The molecule has 1 heterocycles. The number of hydrogen-bond donors (Lipinski definition) is 0. The third-order valence-corrected chi connectivity index (χ3v) is 3.60. The van der Waals surface area contributed by atoms with Gasteiger partial charge >= 0.3 is 0 Å². The van der Waals surface area contributed by atoms with Crippen molar-refractivity contribution in [1.82, 2.24) is 10.1 Å². The summed E-state index contributed by atoms with van der Waals surface area (Å²) in [6.45, 7) is 0.816. The Kier molecular flexibility index (Phi) is 4.18. The molecule has 4 nitrogen and oxygen atoms in total. The largest absolute Gasteiger partial charge is 0.364 e. The van der Waals surface area contributed by atoms with E-state index in [1.807, 2.05) is 7.05 Å². The zero-order valence-electron chi connectivity index (χ0n) is 10.4. The first-order chi connectivity index (χ1) is 8.27. The highest BCUT2D eigenvalue weighted by Crippen LogP contribution is 2.26. The summed E-state index contributed by atoms with van der Waals surface area (Å²) in [7, 11) is 1.83. The maximum Gasteiger partial charge on any atom is 0.275 e. The Bertz CT molecular complexity index is 342. The zero-order chi connectivity index (χ0) is 12.1. The molecule has 0 radical (unpaired) electrons. The minimum atomic E-state index is -0.0467.